The molecular weight excluding hydrogens is 344 g/mol. The molecule has 2 amide bonds. The van der Waals surface area contributed by atoms with E-state index in [-0.39, 0.29) is 24.7 Å². The van der Waals surface area contributed by atoms with E-state index in [1.54, 1.807) is 0 Å². The van der Waals surface area contributed by atoms with Gasteiger partial charge < -0.3 is 15.7 Å². The van der Waals surface area contributed by atoms with Crippen LogP contribution >= 0.6 is 0 Å². The number of nitrogens with one attached hydrogen (secondary N) is 2. The van der Waals surface area contributed by atoms with Gasteiger partial charge in [-0.3, -0.25) is 14.4 Å². The Kier molecular flexibility index (Phi) is 16.8. The van der Waals surface area contributed by atoms with Crippen LogP contribution in [0, 0.1) is 0 Å². The van der Waals surface area contributed by atoms with Crippen LogP contribution in [0.15, 0.2) is 0 Å². The number of rotatable bonds is 18. The molecule has 0 aliphatic rings. The number of hydrogen-bond donors (Lipinski definition) is 3. The minimum atomic E-state index is -0.963. The molecule has 0 fully saturated rings. The molecule has 27 heavy (non-hydrogen) atoms. The summed E-state index contributed by atoms with van der Waals surface area (Å²) in [6, 6.07) is -0.760. The summed E-state index contributed by atoms with van der Waals surface area (Å²) in [7, 11) is 0. The molecular formula is C21H40N2O4. The van der Waals surface area contributed by atoms with Gasteiger partial charge in [-0.15, -0.1) is 0 Å². The summed E-state index contributed by atoms with van der Waals surface area (Å²) in [6.07, 6.45) is 12.8. The minimum absolute atomic E-state index is 0.122. The van der Waals surface area contributed by atoms with E-state index < -0.39 is 12.0 Å². The molecule has 0 radical (unpaired) electrons. The fourth-order valence-electron chi connectivity index (χ4n) is 2.91. The van der Waals surface area contributed by atoms with E-state index in [4.69, 9.17) is 5.11 Å². The molecule has 0 spiro atoms. The van der Waals surface area contributed by atoms with Gasteiger partial charge in [-0.2, -0.15) is 0 Å². The van der Waals surface area contributed by atoms with Crippen molar-refractivity contribution in [3.05, 3.63) is 0 Å². The normalized spacial score (nSPS) is 11.8. The van der Waals surface area contributed by atoms with Crippen molar-refractivity contribution in [3.8, 4) is 0 Å². The third kappa shape index (κ3) is 16.3. The molecule has 0 saturated heterocycles. The predicted molar refractivity (Wildman–Crippen MR) is 109 cm³/mol. The van der Waals surface area contributed by atoms with Gasteiger partial charge in [-0.05, 0) is 19.3 Å². The Hall–Kier alpha value is -1.59. The highest BCUT2D eigenvalue weighted by Gasteiger charge is 2.21. The molecule has 158 valence electrons. The Morgan fingerprint density at radius 2 is 1.33 bits per heavy atom. The summed E-state index contributed by atoms with van der Waals surface area (Å²) in [4.78, 5) is 35.1. The second-order valence-electron chi connectivity index (χ2n) is 7.28. The molecule has 0 heterocycles. The molecule has 0 aliphatic carbocycles. The molecule has 0 saturated carbocycles. The maximum Gasteiger partial charge on any atom is 0.303 e. The lowest BCUT2D eigenvalue weighted by molar-refractivity contribution is -0.138. The van der Waals surface area contributed by atoms with Gasteiger partial charge in [0.05, 0.1) is 0 Å². The van der Waals surface area contributed by atoms with Crippen molar-refractivity contribution in [1.29, 1.82) is 0 Å². The molecule has 0 unspecified atom stereocenters. The summed E-state index contributed by atoms with van der Waals surface area (Å²) in [5.74, 6) is -1.42. The Morgan fingerprint density at radius 3 is 1.89 bits per heavy atom. The van der Waals surface area contributed by atoms with Crippen molar-refractivity contribution in [2.45, 2.75) is 110 Å². The van der Waals surface area contributed by atoms with Crippen LogP contribution in [0.3, 0.4) is 0 Å². The lowest BCUT2D eigenvalue weighted by Crippen LogP contribution is -2.47. The zero-order chi connectivity index (χ0) is 20.3. The fourth-order valence-corrected chi connectivity index (χ4v) is 2.91. The van der Waals surface area contributed by atoms with E-state index in [1.807, 2.05) is 6.92 Å². The van der Waals surface area contributed by atoms with Gasteiger partial charge in [0.15, 0.2) is 0 Å². The summed E-state index contributed by atoms with van der Waals surface area (Å²) >= 11 is 0. The lowest BCUT2D eigenvalue weighted by Gasteiger charge is -2.18. The van der Waals surface area contributed by atoms with Gasteiger partial charge in [0.2, 0.25) is 11.8 Å². The lowest BCUT2D eigenvalue weighted by atomic mass is 10.1. The van der Waals surface area contributed by atoms with E-state index in [0.717, 1.165) is 32.1 Å². The van der Waals surface area contributed by atoms with Crippen molar-refractivity contribution < 1.29 is 19.5 Å². The highest BCUT2D eigenvalue weighted by atomic mass is 16.4. The van der Waals surface area contributed by atoms with Crippen LogP contribution in [0.1, 0.15) is 104 Å². The summed E-state index contributed by atoms with van der Waals surface area (Å²) in [6.45, 7) is 4.79. The molecule has 0 aromatic rings. The van der Waals surface area contributed by atoms with E-state index >= 15 is 0 Å². The first-order valence-electron chi connectivity index (χ1n) is 10.8. The van der Waals surface area contributed by atoms with Crippen LogP contribution in [-0.2, 0) is 14.4 Å². The van der Waals surface area contributed by atoms with Gasteiger partial charge in [-0.25, -0.2) is 0 Å². The van der Waals surface area contributed by atoms with Gasteiger partial charge in [0, 0.05) is 19.4 Å². The third-order valence-corrected chi connectivity index (χ3v) is 4.64. The second-order valence-corrected chi connectivity index (χ2v) is 7.28. The SMILES string of the molecule is CCCCCCCCCCCC(=O)N[C@@H](CCC(=O)O)C(=O)NCCCC. The number of amides is 2. The average Bonchev–Trinajstić information content (AvgIpc) is 2.63. The number of aliphatic carboxylic acids is 1. The number of unbranched alkanes of at least 4 members (excludes halogenated alkanes) is 9. The highest BCUT2D eigenvalue weighted by molar-refractivity contribution is 5.87. The van der Waals surface area contributed by atoms with E-state index in [0.29, 0.717) is 13.0 Å². The Balaban J connectivity index is 4.01. The third-order valence-electron chi connectivity index (χ3n) is 4.64. The van der Waals surface area contributed by atoms with Gasteiger partial charge >= 0.3 is 5.97 Å². The fraction of sp³-hybridized carbons (Fsp3) is 0.857. The summed E-state index contributed by atoms with van der Waals surface area (Å²) in [5.41, 5.74) is 0. The zero-order valence-electron chi connectivity index (χ0n) is 17.4. The van der Waals surface area contributed by atoms with Crippen molar-refractivity contribution in [2.24, 2.45) is 0 Å². The van der Waals surface area contributed by atoms with Crippen LogP contribution in [0.2, 0.25) is 0 Å². The topological polar surface area (TPSA) is 95.5 Å². The number of hydrogen-bond acceptors (Lipinski definition) is 3. The van der Waals surface area contributed by atoms with E-state index in [9.17, 15) is 14.4 Å². The monoisotopic (exact) mass is 384 g/mol. The molecule has 0 aliphatic heterocycles. The molecule has 6 nitrogen and oxygen atoms in total. The maximum atomic E-state index is 12.2. The van der Waals surface area contributed by atoms with Crippen LogP contribution in [0.25, 0.3) is 0 Å². The van der Waals surface area contributed by atoms with Gasteiger partial charge in [-0.1, -0.05) is 71.6 Å². The van der Waals surface area contributed by atoms with Crippen LogP contribution < -0.4 is 10.6 Å². The van der Waals surface area contributed by atoms with Gasteiger partial charge in [0.1, 0.15) is 6.04 Å². The van der Waals surface area contributed by atoms with Crippen molar-refractivity contribution in [3.63, 3.8) is 0 Å². The molecule has 1 atom stereocenters. The Morgan fingerprint density at radius 1 is 0.778 bits per heavy atom. The van der Waals surface area contributed by atoms with Crippen LogP contribution in [0.4, 0.5) is 0 Å². The first-order chi connectivity index (χ1) is 13.0. The molecule has 3 N–H and O–H groups in total. The molecule has 0 rings (SSSR count). The molecule has 6 heteroatoms. The number of carbonyl (C=O) groups excluding carboxylic acids is 2. The van der Waals surface area contributed by atoms with Crippen molar-refractivity contribution in [1.82, 2.24) is 10.6 Å². The molecule has 0 bridgehead atoms. The number of carboxylic acid groups (broad SMARTS) is 1. The standard InChI is InChI=1S/C21H40N2O4/c1-3-5-7-8-9-10-11-12-13-14-19(24)23-18(15-16-20(25)26)21(27)22-17-6-4-2/h18H,3-17H2,1-2H3,(H,22,27)(H,23,24)(H,25,26)/t18-/m0/s1. The summed E-state index contributed by atoms with van der Waals surface area (Å²) in [5, 5.41) is 14.3. The number of carbonyl (C=O) groups is 3. The number of carboxylic acids is 1. The first-order valence-corrected chi connectivity index (χ1v) is 10.8. The average molecular weight is 385 g/mol. The minimum Gasteiger partial charge on any atom is -0.481 e. The quantitative estimate of drug-likeness (QED) is 0.309. The van der Waals surface area contributed by atoms with Crippen molar-refractivity contribution in [2.75, 3.05) is 6.54 Å². The zero-order valence-corrected chi connectivity index (χ0v) is 17.4. The second kappa shape index (κ2) is 17.8. The smallest absolute Gasteiger partial charge is 0.303 e. The first kappa shape index (κ1) is 25.4. The van der Waals surface area contributed by atoms with E-state index in [2.05, 4.69) is 17.6 Å². The Labute approximate surface area is 164 Å². The van der Waals surface area contributed by atoms with Gasteiger partial charge in [0.25, 0.3) is 0 Å². The molecule has 0 aromatic carbocycles. The maximum absolute atomic E-state index is 12.2. The largest absolute Gasteiger partial charge is 0.481 e. The van der Waals surface area contributed by atoms with Crippen LogP contribution in [-0.4, -0.2) is 35.5 Å². The highest BCUT2D eigenvalue weighted by Crippen LogP contribution is 2.10. The van der Waals surface area contributed by atoms with Crippen molar-refractivity contribution >= 4 is 17.8 Å². The Bertz CT molecular complexity index is 413. The summed E-state index contributed by atoms with van der Waals surface area (Å²) < 4.78 is 0. The molecule has 0 aromatic heterocycles. The van der Waals surface area contributed by atoms with Crippen LogP contribution in [0.5, 0.6) is 0 Å². The predicted octanol–water partition coefficient (Wildman–Crippen LogP) is 4.17. The van der Waals surface area contributed by atoms with E-state index in [1.165, 1.54) is 38.5 Å².